The summed E-state index contributed by atoms with van der Waals surface area (Å²) in [6.07, 6.45) is 4.50. The van der Waals surface area contributed by atoms with E-state index < -0.39 is 10.8 Å². The highest BCUT2D eigenvalue weighted by atomic mass is 32.2. The van der Waals surface area contributed by atoms with E-state index in [9.17, 15) is 10.1 Å². The summed E-state index contributed by atoms with van der Waals surface area (Å²) in [5, 5.41) is 22.3. The smallest absolute Gasteiger partial charge is 0.234 e. The van der Waals surface area contributed by atoms with E-state index in [-0.39, 0.29) is 5.91 Å². The quantitative estimate of drug-likeness (QED) is 0.645. The number of benzene rings is 1. The number of para-hydroxylation sites is 1. The molecular formula is C21H24N6OS. The number of aryl methyl sites for hydroxylation is 1. The van der Waals surface area contributed by atoms with Crippen LogP contribution < -0.4 is 5.32 Å². The van der Waals surface area contributed by atoms with Crippen molar-refractivity contribution in [2.75, 3.05) is 0 Å². The van der Waals surface area contributed by atoms with Crippen LogP contribution in [0.3, 0.4) is 0 Å². The Morgan fingerprint density at radius 1 is 1.31 bits per heavy atom. The van der Waals surface area contributed by atoms with Crippen LogP contribution in [0.25, 0.3) is 22.1 Å². The lowest BCUT2D eigenvalue weighted by atomic mass is 9.83. The molecule has 0 aliphatic heterocycles. The first-order chi connectivity index (χ1) is 14.1. The molecule has 1 atom stereocenters. The maximum Gasteiger partial charge on any atom is 0.234 e. The van der Waals surface area contributed by atoms with Crippen LogP contribution in [0, 0.1) is 11.3 Å². The van der Waals surface area contributed by atoms with Gasteiger partial charge in [-0.1, -0.05) is 49.2 Å². The fraction of sp³-hybridized carbons (Fsp3) is 0.476. The lowest BCUT2D eigenvalue weighted by molar-refractivity contribution is -0.121. The Hall–Kier alpha value is -2.66. The minimum atomic E-state index is -0.734. The Bertz CT molecular complexity index is 1100. The summed E-state index contributed by atoms with van der Waals surface area (Å²) in [4.78, 5) is 17.4. The average molecular weight is 409 g/mol. The van der Waals surface area contributed by atoms with Gasteiger partial charge in [0.15, 0.2) is 5.65 Å². The number of nitriles is 1. The second-order valence-electron chi connectivity index (χ2n) is 7.53. The molecule has 1 N–H and O–H groups in total. The van der Waals surface area contributed by atoms with Gasteiger partial charge in [0, 0.05) is 11.9 Å². The van der Waals surface area contributed by atoms with Gasteiger partial charge in [0.05, 0.1) is 16.8 Å². The van der Waals surface area contributed by atoms with Gasteiger partial charge in [-0.15, -0.1) is 10.2 Å². The monoisotopic (exact) mass is 408 g/mol. The van der Waals surface area contributed by atoms with Crippen LogP contribution in [-0.2, 0) is 11.3 Å². The van der Waals surface area contributed by atoms with Crippen molar-refractivity contribution in [1.82, 2.24) is 25.1 Å². The lowest BCUT2D eigenvalue weighted by Crippen LogP contribution is -2.50. The summed E-state index contributed by atoms with van der Waals surface area (Å²) >= 11 is 1.27. The van der Waals surface area contributed by atoms with Gasteiger partial charge in [-0.2, -0.15) is 5.26 Å². The van der Waals surface area contributed by atoms with Crippen LogP contribution in [0.15, 0.2) is 29.4 Å². The Balaban J connectivity index is 1.56. The second kappa shape index (κ2) is 7.99. The van der Waals surface area contributed by atoms with Crippen molar-refractivity contribution in [1.29, 1.82) is 5.26 Å². The fourth-order valence-electron chi connectivity index (χ4n) is 4.03. The highest BCUT2D eigenvalue weighted by molar-refractivity contribution is 8.00. The van der Waals surface area contributed by atoms with Gasteiger partial charge in [0.1, 0.15) is 11.1 Å². The Morgan fingerprint density at radius 3 is 2.79 bits per heavy atom. The molecule has 150 valence electrons. The van der Waals surface area contributed by atoms with Gasteiger partial charge < -0.3 is 9.88 Å². The van der Waals surface area contributed by atoms with Crippen molar-refractivity contribution in [3.05, 3.63) is 24.3 Å². The summed E-state index contributed by atoms with van der Waals surface area (Å²) < 4.78 is 2.11. The van der Waals surface area contributed by atoms with Crippen molar-refractivity contribution in [2.24, 2.45) is 0 Å². The summed E-state index contributed by atoms with van der Waals surface area (Å²) in [6.45, 7) is 4.66. The highest BCUT2D eigenvalue weighted by Gasteiger charge is 2.35. The predicted octanol–water partition coefficient (Wildman–Crippen LogP) is 3.82. The molecule has 1 fully saturated rings. The molecule has 2 heterocycles. The molecule has 29 heavy (non-hydrogen) atoms. The van der Waals surface area contributed by atoms with E-state index in [1.807, 2.05) is 25.1 Å². The number of aromatic nitrogens is 4. The van der Waals surface area contributed by atoms with Crippen molar-refractivity contribution in [3.8, 4) is 6.07 Å². The zero-order chi connectivity index (χ0) is 20.4. The van der Waals surface area contributed by atoms with E-state index in [1.54, 1.807) is 0 Å². The second-order valence-corrected chi connectivity index (χ2v) is 8.84. The number of hydrogen-bond donors (Lipinski definition) is 1. The van der Waals surface area contributed by atoms with Crippen LogP contribution in [0.5, 0.6) is 0 Å². The van der Waals surface area contributed by atoms with E-state index in [4.69, 9.17) is 4.98 Å². The van der Waals surface area contributed by atoms with Crippen LogP contribution in [0.2, 0.25) is 0 Å². The number of nitrogens with zero attached hydrogens (tertiary/aromatic N) is 5. The number of nitrogens with one attached hydrogen (secondary N) is 1. The molecule has 0 spiro atoms. The van der Waals surface area contributed by atoms with Crippen LogP contribution >= 0.6 is 11.8 Å². The van der Waals surface area contributed by atoms with Gasteiger partial charge in [0.2, 0.25) is 11.1 Å². The van der Waals surface area contributed by atoms with E-state index in [1.165, 1.54) is 11.8 Å². The molecule has 0 bridgehead atoms. The predicted molar refractivity (Wildman–Crippen MR) is 113 cm³/mol. The molecular weight excluding hydrogens is 384 g/mol. The van der Waals surface area contributed by atoms with Gasteiger partial charge in [0.25, 0.3) is 0 Å². The molecule has 0 unspecified atom stereocenters. The third-order valence-corrected chi connectivity index (χ3v) is 6.56. The number of amides is 1. The van der Waals surface area contributed by atoms with Crippen molar-refractivity contribution < 1.29 is 4.79 Å². The molecule has 3 aromatic rings. The molecule has 1 saturated carbocycles. The standard InChI is InChI=1S/C21H24N6OS/c1-3-27-16-10-6-5-9-15(16)17-18(27)23-20(26-25-17)29-14(2)19(28)24-21(13-22)11-7-4-8-12-21/h5-6,9-10,14H,3-4,7-8,11-12H2,1-2H3,(H,24,28)/t14-/m0/s1. The first kappa shape index (κ1) is 19.6. The zero-order valence-corrected chi connectivity index (χ0v) is 17.5. The number of fused-ring (bicyclic) bond motifs is 3. The molecule has 1 aliphatic rings. The maximum absolute atomic E-state index is 12.7. The number of thioether (sulfide) groups is 1. The minimum absolute atomic E-state index is 0.154. The molecule has 0 saturated heterocycles. The lowest BCUT2D eigenvalue weighted by Gasteiger charge is -2.32. The molecule has 1 aliphatic carbocycles. The highest BCUT2D eigenvalue weighted by Crippen LogP contribution is 2.30. The fourth-order valence-corrected chi connectivity index (χ4v) is 4.74. The summed E-state index contributed by atoms with van der Waals surface area (Å²) in [7, 11) is 0. The number of carbonyl (C=O) groups excluding carboxylic acids is 1. The zero-order valence-electron chi connectivity index (χ0n) is 16.7. The molecule has 8 heteroatoms. The normalized spacial score (nSPS) is 17.1. The van der Waals surface area contributed by atoms with Crippen LogP contribution in [0.1, 0.15) is 46.0 Å². The van der Waals surface area contributed by atoms with E-state index >= 15 is 0 Å². The van der Waals surface area contributed by atoms with E-state index in [0.717, 1.165) is 47.9 Å². The largest absolute Gasteiger partial charge is 0.337 e. The maximum atomic E-state index is 12.7. The van der Waals surface area contributed by atoms with Crippen LogP contribution in [0.4, 0.5) is 0 Å². The summed E-state index contributed by atoms with van der Waals surface area (Å²) in [5.74, 6) is -0.154. The van der Waals surface area contributed by atoms with Crippen molar-refractivity contribution >= 4 is 39.7 Å². The Morgan fingerprint density at radius 2 is 2.07 bits per heavy atom. The first-order valence-electron chi connectivity index (χ1n) is 10.1. The average Bonchev–Trinajstić information content (AvgIpc) is 3.07. The summed E-state index contributed by atoms with van der Waals surface area (Å²) in [6, 6.07) is 10.4. The molecule has 4 rings (SSSR count). The Labute approximate surface area is 173 Å². The van der Waals surface area contributed by atoms with Crippen molar-refractivity contribution in [2.45, 2.75) is 68.4 Å². The molecule has 1 amide bonds. The summed E-state index contributed by atoms with van der Waals surface area (Å²) in [5.41, 5.74) is 1.89. The molecule has 1 aromatic carbocycles. The minimum Gasteiger partial charge on any atom is -0.337 e. The molecule has 2 aromatic heterocycles. The van der Waals surface area contributed by atoms with E-state index in [2.05, 4.69) is 39.1 Å². The SMILES string of the molecule is CCn1c2ccccc2c2nnc(S[C@@H](C)C(=O)NC3(C#N)CCCCC3)nc21. The third-order valence-electron chi connectivity index (χ3n) is 5.61. The van der Waals surface area contributed by atoms with Gasteiger partial charge in [-0.25, -0.2) is 4.98 Å². The molecule has 7 nitrogen and oxygen atoms in total. The number of carbonyl (C=O) groups is 1. The number of rotatable bonds is 5. The molecule has 0 radical (unpaired) electrons. The van der Waals surface area contributed by atoms with Gasteiger partial charge >= 0.3 is 0 Å². The first-order valence-corrected chi connectivity index (χ1v) is 11.0. The van der Waals surface area contributed by atoms with E-state index in [0.29, 0.717) is 18.0 Å². The third kappa shape index (κ3) is 3.67. The number of hydrogen-bond acceptors (Lipinski definition) is 6. The Kier molecular flexibility index (Phi) is 5.41. The topological polar surface area (TPSA) is 96.5 Å². The van der Waals surface area contributed by atoms with Crippen molar-refractivity contribution in [3.63, 3.8) is 0 Å². The van der Waals surface area contributed by atoms with Gasteiger partial charge in [-0.3, -0.25) is 4.79 Å². The van der Waals surface area contributed by atoms with Crippen LogP contribution in [-0.4, -0.2) is 36.4 Å². The van der Waals surface area contributed by atoms with Gasteiger partial charge in [-0.05, 0) is 32.8 Å².